The van der Waals surface area contributed by atoms with Crippen LogP contribution in [0.5, 0.6) is 0 Å². The molecule has 10 heteroatoms. The number of halogens is 1. The second-order valence-electron chi connectivity index (χ2n) is 6.34. The SMILES string of the molecule is N#Cc1c[nH]n2c(=O)cc(CSc3ncnc4cc(-c5ccc(F)cc5)sc34)nc12. The van der Waals surface area contributed by atoms with Crippen LogP contribution in [0.1, 0.15) is 11.3 Å². The van der Waals surface area contributed by atoms with Crippen molar-refractivity contribution in [1.82, 2.24) is 24.6 Å². The molecule has 0 unspecified atom stereocenters. The van der Waals surface area contributed by atoms with Crippen LogP contribution < -0.4 is 5.56 Å². The molecule has 0 saturated heterocycles. The number of nitrogens with one attached hydrogen (secondary N) is 1. The van der Waals surface area contributed by atoms with Gasteiger partial charge < -0.3 is 0 Å². The summed E-state index contributed by atoms with van der Waals surface area (Å²) in [5, 5.41) is 12.7. The molecule has 0 aliphatic rings. The fourth-order valence-electron chi connectivity index (χ4n) is 3.02. The molecule has 7 nitrogen and oxygen atoms in total. The van der Waals surface area contributed by atoms with Crippen LogP contribution >= 0.6 is 23.1 Å². The Labute approximate surface area is 176 Å². The van der Waals surface area contributed by atoms with Gasteiger partial charge in [-0.15, -0.1) is 11.3 Å². The fourth-order valence-corrected chi connectivity index (χ4v) is 5.11. The smallest absolute Gasteiger partial charge is 0.272 e. The molecule has 0 aliphatic carbocycles. The number of thiophene rings is 1. The Balaban J connectivity index is 1.47. The number of hydrogen-bond donors (Lipinski definition) is 1. The Morgan fingerprint density at radius 2 is 2.07 bits per heavy atom. The molecule has 30 heavy (non-hydrogen) atoms. The van der Waals surface area contributed by atoms with Gasteiger partial charge in [-0.1, -0.05) is 23.9 Å². The van der Waals surface area contributed by atoms with E-state index in [2.05, 4.69) is 20.1 Å². The maximum absolute atomic E-state index is 13.2. The summed E-state index contributed by atoms with van der Waals surface area (Å²) >= 11 is 2.97. The number of rotatable bonds is 4. The van der Waals surface area contributed by atoms with Crippen LogP contribution in [0.3, 0.4) is 0 Å². The highest BCUT2D eigenvalue weighted by atomic mass is 32.2. The van der Waals surface area contributed by atoms with Gasteiger partial charge in [0.25, 0.3) is 5.56 Å². The minimum Gasteiger partial charge on any atom is -0.295 e. The number of fused-ring (bicyclic) bond motifs is 2. The molecule has 0 radical (unpaired) electrons. The molecule has 4 heterocycles. The van der Waals surface area contributed by atoms with Crippen molar-refractivity contribution in [3.63, 3.8) is 0 Å². The zero-order valence-electron chi connectivity index (χ0n) is 15.2. The normalized spacial score (nSPS) is 11.2. The zero-order chi connectivity index (χ0) is 20.7. The van der Waals surface area contributed by atoms with Gasteiger partial charge in [-0.25, -0.2) is 23.9 Å². The van der Waals surface area contributed by atoms with Crippen LogP contribution in [0.4, 0.5) is 4.39 Å². The van der Waals surface area contributed by atoms with E-state index < -0.39 is 0 Å². The van der Waals surface area contributed by atoms with Crippen molar-refractivity contribution >= 4 is 39.0 Å². The van der Waals surface area contributed by atoms with Crippen LogP contribution in [0.15, 0.2) is 58.7 Å². The Hall–Kier alpha value is -3.55. The molecule has 1 N–H and O–H groups in total. The van der Waals surface area contributed by atoms with Gasteiger partial charge in [0.1, 0.15) is 28.8 Å². The van der Waals surface area contributed by atoms with E-state index in [1.165, 1.54) is 58.3 Å². The number of H-pyrrole nitrogens is 1. The van der Waals surface area contributed by atoms with Crippen molar-refractivity contribution in [3.8, 4) is 16.5 Å². The second-order valence-corrected chi connectivity index (χ2v) is 8.36. The molecule has 1 aromatic carbocycles. The first kappa shape index (κ1) is 18.5. The lowest BCUT2D eigenvalue weighted by Gasteiger charge is -2.02. The minimum absolute atomic E-state index is 0.278. The van der Waals surface area contributed by atoms with E-state index in [0.717, 1.165) is 25.7 Å². The summed E-state index contributed by atoms with van der Waals surface area (Å²) in [6.45, 7) is 0. The second kappa shape index (κ2) is 7.37. The number of aromatic nitrogens is 5. The number of aromatic amines is 1. The van der Waals surface area contributed by atoms with Gasteiger partial charge in [0.2, 0.25) is 0 Å². The van der Waals surface area contributed by atoms with Gasteiger partial charge >= 0.3 is 0 Å². The summed E-state index contributed by atoms with van der Waals surface area (Å²) in [7, 11) is 0. The number of benzene rings is 1. The number of thioether (sulfide) groups is 1. The molecular formula is C20H11FN6OS2. The standard InChI is InChI=1S/C20H11FN6OS2/c21-13-3-1-11(2-4-13)16-6-15-18(30-16)20(24-10-23-15)29-9-14-5-17(28)27-19(26-14)12(7-22)8-25-27/h1-6,8,10,25H,9H2. The summed E-state index contributed by atoms with van der Waals surface area (Å²) in [4.78, 5) is 26.4. The van der Waals surface area contributed by atoms with Crippen molar-refractivity contribution in [1.29, 1.82) is 5.26 Å². The first-order chi connectivity index (χ1) is 14.6. The number of nitriles is 1. The summed E-state index contributed by atoms with van der Waals surface area (Å²) in [6.07, 6.45) is 2.95. The molecule has 4 aromatic heterocycles. The third-order valence-electron chi connectivity index (χ3n) is 4.44. The lowest BCUT2D eigenvalue weighted by Crippen LogP contribution is -2.15. The quantitative estimate of drug-likeness (QED) is 0.339. The number of hydrogen-bond acceptors (Lipinski definition) is 7. The molecule has 146 valence electrons. The van der Waals surface area contributed by atoms with Crippen molar-refractivity contribution < 1.29 is 4.39 Å². The van der Waals surface area contributed by atoms with Gasteiger partial charge in [-0.2, -0.15) is 5.26 Å². The van der Waals surface area contributed by atoms with Gasteiger partial charge in [0.15, 0.2) is 5.65 Å². The highest BCUT2D eigenvalue weighted by Gasteiger charge is 2.13. The van der Waals surface area contributed by atoms with Crippen molar-refractivity contribution in [2.75, 3.05) is 0 Å². The van der Waals surface area contributed by atoms with Crippen LogP contribution in [-0.2, 0) is 5.75 Å². The van der Waals surface area contributed by atoms with Gasteiger partial charge in [-0.05, 0) is 23.8 Å². The maximum Gasteiger partial charge on any atom is 0.272 e. The Morgan fingerprint density at radius 3 is 2.87 bits per heavy atom. The average Bonchev–Trinajstić information content (AvgIpc) is 3.37. The van der Waals surface area contributed by atoms with E-state index in [-0.39, 0.29) is 11.4 Å². The molecule has 5 rings (SSSR count). The largest absolute Gasteiger partial charge is 0.295 e. The van der Waals surface area contributed by atoms with E-state index in [1.807, 2.05) is 12.1 Å². The predicted octanol–water partition coefficient (Wildman–Crippen LogP) is 4.00. The molecule has 0 atom stereocenters. The lowest BCUT2D eigenvalue weighted by molar-refractivity contribution is 0.628. The van der Waals surface area contributed by atoms with Crippen LogP contribution in [-0.4, -0.2) is 24.6 Å². The Bertz CT molecular complexity index is 1500. The molecule has 5 aromatic rings. The fraction of sp³-hybridized carbons (Fsp3) is 0.0500. The topological polar surface area (TPSA) is 99.7 Å². The third-order valence-corrected chi connectivity index (χ3v) is 6.77. The summed E-state index contributed by atoms with van der Waals surface area (Å²) in [5.41, 5.74) is 2.61. The highest BCUT2D eigenvalue weighted by Crippen LogP contribution is 2.37. The monoisotopic (exact) mass is 434 g/mol. The van der Waals surface area contributed by atoms with E-state index in [4.69, 9.17) is 0 Å². The summed E-state index contributed by atoms with van der Waals surface area (Å²) in [5.74, 6) is 0.135. The van der Waals surface area contributed by atoms with Crippen molar-refractivity contribution in [3.05, 3.63) is 76.4 Å². The van der Waals surface area contributed by atoms with Crippen LogP contribution in [0.2, 0.25) is 0 Å². The van der Waals surface area contributed by atoms with E-state index in [1.54, 1.807) is 12.1 Å². The lowest BCUT2D eigenvalue weighted by atomic mass is 10.2. The Kier molecular flexibility index (Phi) is 4.54. The number of nitrogens with zero attached hydrogens (tertiary/aromatic N) is 5. The maximum atomic E-state index is 13.2. The third kappa shape index (κ3) is 3.24. The van der Waals surface area contributed by atoms with Gasteiger partial charge in [0, 0.05) is 22.9 Å². The van der Waals surface area contributed by atoms with E-state index in [9.17, 15) is 14.4 Å². The van der Waals surface area contributed by atoms with Gasteiger partial charge in [-0.3, -0.25) is 9.89 Å². The summed E-state index contributed by atoms with van der Waals surface area (Å²) in [6, 6.07) is 11.7. The van der Waals surface area contributed by atoms with Crippen LogP contribution in [0.25, 0.3) is 26.3 Å². The molecule has 0 amide bonds. The van der Waals surface area contributed by atoms with Crippen molar-refractivity contribution in [2.24, 2.45) is 0 Å². The molecule has 0 spiro atoms. The summed E-state index contributed by atoms with van der Waals surface area (Å²) < 4.78 is 15.4. The Morgan fingerprint density at radius 1 is 1.23 bits per heavy atom. The first-order valence-electron chi connectivity index (χ1n) is 8.76. The molecule has 0 aliphatic heterocycles. The molecule has 0 bridgehead atoms. The van der Waals surface area contributed by atoms with E-state index >= 15 is 0 Å². The average molecular weight is 434 g/mol. The highest BCUT2D eigenvalue weighted by molar-refractivity contribution is 7.98. The van der Waals surface area contributed by atoms with Gasteiger partial charge in [0.05, 0.1) is 15.9 Å². The molecule has 0 fully saturated rings. The first-order valence-corrected chi connectivity index (χ1v) is 10.6. The van der Waals surface area contributed by atoms with Crippen molar-refractivity contribution in [2.45, 2.75) is 10.8 Å². The zero-order valence-corrected chi connectivity index (χ0v) is 16.8. The van der Waals surface area contributed by atoms with Crippen LogP contribution in [0, 0.1) is 17.1 Å². The molecular weight excluding hydrogens is 423 g/mol. The predicted molar refractivity (Wildman–Crippen MR) is 113 cm³/mol. The minimum atomic E-state index is -0.279. The van der Waals surface area contributed by atoms with E-state index in [0.29, 0.717) is 22.7 Å². The molecule has 0 saturated carbocycles.